The van der Waals surface area contributed by atoms with Crippen LogP contribution in [0.4, 0.5) is 27.6 Å². The fourth-order valence-corrected chi connectivity index (χ4v) is 2.89. The molecule has 11 heteroatoms. The zero-order valence-electron chi connectivity index (χ0n) is 14.5. The van der Waals surface area contributed by atoms with E-state index >= 15 is 0 Å². The molecule has 1 aliphatic heterocycles. The third kappa shape index (κ3) is 3.82. The maximum absolute atomic E-state index is 14.4. The topological polar surface area (TPSA) is 85.3 Å². The number of halogens is 5. The van der Waals surface area contributed by atoms with E-state index < -0.39 is 48.1 Å². The average Bonchev–Trinajstić information content (AvgIpc) is 3.10. The van der Waals surface area contributed by atoms with Gasteiger partial charge in [0.25, 0.3) is 11.8 Å². The molecule has 1 aromatic heterocycles. The summed E-state index contributed by atoms with van der Waals surface area (Å²) in [5, 5.41) is 5.71. The van der Waals surface area contributed by atoms with E-state index in [1.807, 2.05) is 0 Å². The number of alkyl halides is 4. The normalized spacial score (nSPS) is 21.5. The lowest BCUT2D eigenvalue weighted by molar-refractivity contribution is -0.0462. The number of amidine groups is 1. The minimum atomic E-state index is -3.33. The van der Waals surface area contributed by atoms with Crippen molar-refractivity contribution in [1.29, 1.82) is 0 Å². The molecule has 0 aliphatic carbocycles. The highest BCUT2D eigenvalue weighted by Crippen LogP contribution is 2.44. The first-order valence-electron chi connectivity index (χ1n) is 8.23. The van der Waals surface area contributed by atoms with Crippen molar-refractivity contribution < 1.29 is 26.7 Å². The Balaban J connectivity index is 1.88. The lowest BCUT2D eigenvalue weighted by Gasteiger charge is -2.32. The van der Waals surface area contributed by atoms with Crippen molar-refractivity contribution in [2.75, 3.05) is 5.32 Å². The van der Waals surface area contributed by atoms with Crippen LogP contribution in [-0.4, -0.2) is 27.4 Å². The van der Waals surface area contributed by atoms with Crippen molar-refractivity contribution in [2.45, 2.75) is 31.9 Å². The van der Waals surface area contributed by atoms with E-state index in [1.54, 1.807) is 0 Å². The molecule has 1 amide bonds. The summed E-state index contributed by atoms with van der Waals surface area (Å²) in [6.07, 6.45) is 0.324. The molecule has 1 aromatic carbocycles. The molecular weight excluding hydrogens is 385 g/mol. The third-order valence-electron chi connectivity index (χ3n) is 4.35. The summed E-state index contributed by atoms with van der Waals surface area (Å²) < 4.78 is 68.4. The van der Waals surface area contributed by atoms with Gasteiger partial charge in [-0.25, -0.2) is 17.9 Å². The van der Waals surface area contributed by atoms with Crippen LogP contribution in [-0.2, 0) is 0 Å². The number of hydrogen-bond donors (Lipinski definition) is 2. The quantitative estimate of drug-likeness (QED) is 0.766. The number of hydrogen-bond acceptors (Lipinski definition) is 4. The molecular formula is C17H16F5N5O. The number of nitrogens with two attached hydrogens (primary N) is 1. The number of nitrogens with one attached hydrogen (secondary N) is 1. The predicted molar refractivity (Wildman–Crippen MR) is 90.9 cm³/mol. The van der Waals surface area contributed by atoms with Crippen LogP contribution < -0.4 is 11.1 Å². The molecule has 0 spiro atoms. The van der Waals surface area contributed by atoms with Gasteiger partial charge in [0, 0.05) is 29.8 Å². The van der Waals surface area contributed by atoms with Crippen molar-refractivity contribution in [3.05, 3.63) is 47.5 Å². The molecule has 3 rings (SSSR count). The highest BCUT2D eigenvalue weighted by Gasteiger charge is 2.46. The van der Waals surface area contributed by atoms with Crippen molar-refractivity contribution >= 4 is 17.4 Å². The van der Waals surface area contributed by atoms with Crippen molar-refractivity contribution in [3.8, 4) is 0 Å². The molecule has 0 saturated carbocycles. The molecule has 150 valence electrons. The molecule has 6 nitrogen and oxygen atoms in total. The monoisotopic (exact) mass is 401 g/mol. The zero-order valence-corrected chi connectivity index (χ0v) is 14.5. The Bertz CT molecular complexity index is 926. The first-order valence-corrected chi connectivity index (χ1v) is 8.23. The van der Waals surface area contributed by atoms with Gasteiger partial charge in [0.2, 0.25) is 0 Å². The highest BCUT2D eigenvalue weighted by atomic mass is 19.3. The molecule has 2 aromatic rings. The lowest BCUT2D eigenvalue weighted by atomic mass is 9.89. The van der Waals surface area contributed by atoms with Gasteiger partial charge in [0.15, 0.2) is 5.69 Å². The minimum Gasteiger partial charge on any atom is -0.387 e. The van der Waals surface area contributed by atoms with E-state index in [0.717, 1.165) is 30.5 Å². The van der Waals surface area contributed by atoms with E-state index in [2.05, 4.69) is 15.4 Å². The first-order chi connectivity index (χ1) is 13.1. The molecule has 2 heterocycles. The van der Waals surface area contributed by atoms with Gasteiger partial charge in [-0.05, 0) is 24.3 Å². The van der Waals surface area contributed by atoms with Gasteiger partial charge in [0.1, 0.15) is 11.9 Å². The standard InChI is InChI=1S/C17H16F5N5O/c1-8-7-17(21,22)13(25-14(8)23)10-6-9(2-3-11(10)18)24-15(28)12-4-5-27(26-12)16(19)20/h2-6,8,13,16H,7H2,1H3,(H2,23,25)(H,24,28). The minimum absolute atomic E-state index is 0.0118. The van der Waals surface area contributed by atoms with Gasteiger partial charge in [-0.1, -0.05) is 6.92 Å². The van der Waals surface area contributed by atoms with Crippen LogP contribution in [0.5, 0.6) is 0 Å². The molecule has 28 heavy (non-hydrogen) atoms. The van der Waals surface area contributed by atoms with Gasteiger partial charge >= 0.3 is 6.55 Å². The Labute approximate surface area is 156 Å². The largest absolute Gasteiger partial charge is 0.387 e. The van der Waals surface area contributed by atoms with E-state index in [1.165, 1.54) is 6.92 Å². The van der Waals surface area contributed by atoms with Crippen molar-refractivity contribution in [3.63, 3.8) is 0 Å². The van der Waals surface area contributed by atoms with Crippen LogP contribution in [0.25, 0.3) is 0 Å². The predicted octanol–water partition coefficient (Wildman–Crippen LogP) is 3.74. The molecule has 2 atom stereocenters. The Morgan fingerprint density at radius 3 is 2.71 bits per heavy atom. The summed E-state index contributed by atoms with van der Waals surface area (Å²) in [7, 11) is 0. The van der Waals surface area contributed by atoms with Gasteiger partial charge < -0.3 is 11.1 Å². The van der Waals surface area contributed by atoms with E-state index in [0.29, 0.717) is 0 Å². The van der Waals surface area contributed by atoms with Crippen molar-refractivity contribution in [2.24, 2.45) is 16.6 Å². The van der Waals surface area contributed by atoms with Crippen molar-refractivity contribution in [1.82, 2.24) is 9.78 Å². The number of aromatic nitrogens is 2. The second-order valence-corrected chi connectivity index (χ2v) is 6.47. The summed E-state index contributed by atoms with van der Waals surface area (Å²) in [5.74, 6) is -5.79. The fourth-order valence-electron chi connectivity index (χ4n) is 2.89. The number of benzene rings is 1. The van der Waals surface area contributed by atoms with Gasteiger partial charge in [-0.3, -0.25) is 9.79 Å². The molecule has 1 aliphatic rings. The average molecular weight is 401 g/mol. The van der Waals surface area contributed by atoms with Gasteiger partial charge in [0.05, 0.1) is 5.84 Å². The van der Waals surface area contributed by atoms with Crippen LogP contribution in [0, 0.1) is 11.7 Å². The number of nitrogens with zero attached hydrogens (tertiary/aromatic N) is 3. The number of amides is 1. The molecule has 3 N–H and O–H groups in total. The second kappa shape index (κ2) is 7.21. The molecule has 2 unspecified atom stereocenters. The molecule has 0 bridgehead atoms. The Morgan fingerprint density at radius 1 is 1.36 bits per heavy atom. The van der Waals surface area contributed by atoms with Gasteiger partial charge in [-0.2, -0.15) is 13.9 Å². The first kappa shape index (κ1) is 19.8. The second-order valence-electron chi connectivity index (χ2n) is 6.47. The van der Waals surface area contributed by atoms with Crippen LogP contribution in [0.2, 0.25) is 0 Å². The fraction of sp³-hybridized carbons (Fsp3) is 0.353. The van der Waals surface area contributed by atoms with Crippen LogP contribution in [0.3, 0.4) is 0 Å². The Morgan fingerprint density at radius 2 is 2.07 bits per heavy atom. The van der Waals surface area contributed by atoms with Crippen LogP contribution >= 0.6 is 0 Å². The van der Waals surface area contributed by atoms with E-state index in [4.69, 9.17) is 5.73 Å². The SMILES string of the molecule is CC1CC(F)(F)C(c2cc(NC(=O)c3ccn(C(F)F)n3)ccc2F)N=C1N. The summed E-state index contributed by atoms with van der Waals surface area (Å²) in [5.41, 5.74) is 4.88. The number of carbonyl (C=O) groups is 1. The number of carbonyl (C=O) groups excluding carboxylic acids is 1. The van der Waals surface area contributed by atoms with Crippen LogP contribution in [0.15, 0.2) is 35.5 Å². The van der Waals surface area contributed by atoms with E-state index in [-0.39, 0.29) is 21.9 Å². The third-order valence-corrected chi connectivity index (χ3v) is 4.35. The highest BCUT2D eigenvalue weighted by molar-refractivity contribution is 6.02. The zero-order chi connectivity index (χ0) is 20.6. The maximum Gasteiger partial charge on any atom is 0.333 e. The number of rotatable bonds is 4. The molecule has 0 radical (unpaired) electrons. The summed E-state index contributed by atoms with van der Waals surface area (Å²) in [4.78, 5) is 15.9. The lowest BCUT2D eigenvalue weighted by Crippen LogP contribution is -2.39. The Kier molecular flexibility index (Phi) is 5.09. The maximum atomic E-state index is 14.4. The summed E-state index contributed by atoms with van der Waals surface area (Å²) >= 11 is 0. The Hall–Kier alpha value is -2.98. The van der Waals surface area contributed by atoms with E-state index in [9.17, 15) is 26.7 Å². The molecule has 0 saturated heterocycles. The number of anilines is 1. The number of aliphatic imine (C=N–C) groups is 1. The van der Waals surface area contributed by atoms with Gasteiger partial charge in [-0.15, -0.1) is 0 Å². The molecule has 0 fully saturated rings. The summed E-state index contributed by atoms with van der Waals surface area (Å²) in [6, 6.07) is 2.30. The smallest absolute Gasteiger partial charge is 0.333 e. The van der Waals surface area contributed by atoms with Crippen LogP contribution in [0.1, 0.15) is 42.0 Å². The summed E-state index contributed by atoms with van der Waals surface area (Å²) in [6.45, 7) is -1.42.